The first-order valence-corrected chi connectivity index (χ1v) is 4.82. The number of hydrogen-bond donors (Lipinski definition) is 2. The fourth-order valence-electron chi connectivity index (χ4n) is 1.68. The predicted molar refractivity (Wildman–Crippen MR) is 59.2 cm³/mol. The van der Waals surface area contributed by atoms with Crippen LogP contribution in [0.15, 0.2) is 35.6 Å². The third-order valence-electron chi connectivity index (χ3n) is 2.50. The molecule has 1 aromatic carbocycles. The number of nitrogens with zero attached hydrogens (tertiary/aromatic N) is 1. The van der Waals surface area contributed by atoms with Crippen molar-refractivity contribution in [2.24, 2.45) is 5.18 Å². The highest BCUT2D eigenvalue weighted by Crippen LogP contribution is 2.19. The lowest BCUT2D eigenvalue weighted by atomic mass is 10.1. The molecule has 0 bridgehead atoms. The van der Waals surface area contributed by atoms with Crippen molar-refractivity contribution in [3.63, 3.8) is 0 Å². The average Bonchev–Trinajstić information content (AvgIpc) is 2.69. The summed E-state index contributed by atoms with van der Waals surface area (Å²) in [5.74, 6) is -1.19. The van der Waals surface area contributed by atoms with Crippen molar-refractivity contribution in [1.82, 2.24) is 4.98 Å². The van der Waals surface area contributed by atoms with E-state index in [0.29, 0.717) is 0 Å². The van der Waals surface area contributed by atoms with Gasteiger partial charge in [-0.15, -0.1) is 4.91 Å². The normalized spacial score (nSPS) is 12.5. The van der Waals surface area contributed by atoms with E-state index in [1.165, 1.54) is 0 Å². The number of aromatic amines is 1. The Bertz CT molecular complexity index is 533. The van der Waals surface area contributed by atoms with Gasteiger partial charge in [-0.1, -0.05) is 23.4 Å². The predicted octanol–water partition coefficient (Wildman–Crippen LogP) is 1.93. The number of nitrogens with one attached hydrogen (secondary N) is 1. The number of aromatic nitrogens is 1. The van der Waals surface area contributed by atoms with Crippen LogP contribution in [-0.2, 0) is 11.2 Å². The maximum absolute atomic E-state index is 10.7. The van der Waals surface area contributed by atoms with Crippen LogP contribution in [-0.4, -0.2) is 22.1 Å². The van der Waals surface area contributed by atoms with Gasteiger partial charge in [-0.2, -0.15) is 0 Å². The Morgan fingerprint density at radius 2 is 2.19 bits per heavy atom. The Morgan fingerprint density at radius 3 is 2.88 bits per heavy atom. The monoisotopic (exact) mass is 218 g/mol. The van der Waals surface area contributed by atoms with E-state index in [9.17, 15) is 9.70 Å². The molecule has 0 saturated carbocycles. The van der Waals surface area contributed by atoms with Gasteiger partial charge in [-0.05, 0) is 11.6 Å². The van der Waals surface area contributed by atoms with Crippen LogP contribution in [0.5, 0.6) is 0 Å². The Kier molecular flexibility index (Phi) is 2.68. The number of benzene rings is 1. The largest absolute Gasteiger partial charge is 0.480 e. The molecule has 0 aliphatic heterocycles. The van der Waals surface area contributed by atoms with Crippen LogP contribution in [0, 0.1) is 4.91 Å². The van der Waals surface area contributed by atoms with E-state index in [1.807, 2.05) is 24.3 Å². The second-order valence-corrected chi connectivity index (χ2v) is 3.52. The lowest BCUT2D eigenvalue weighted by molar-refractivity contribution is -0.138. The third kappa shape index (κ3) is 1.79. The van der Waals surface area contributed by atoms with Gasteiger partial charge in [0.1, 0.15) is 0 Å². The standard InChI is InChI=1S/C11H10N2O3/c14-11(15)10(13-16)5-7-6-12-9-4-2-1-3-8(7)9/h1-4,6,10,12H,5H2,(H,14,15). The van der Waals surface area contributed by atoms with Gasteiger partial charge in [0.05, 0.1) is 0 Å². The Balaban J connectivity index is 2.34. The average molecular weight is 218 g/mol. The summed E-state index contributed by atoms with van der Waals surface area (Å²) in [6.45, 7) is 0. The fraction of sp³-hybridized carbons (Fsp3) is 0.182. The minimum absolute atomic E-state index is 0.114. The quantitative estimate of drug-likeness (QED) is 0.769. The van der Waals surface area contributed by atoms with E-state index in [0.717, 1.165) is 16.5 Å². The molecule has 0 aliphatic carbocycles. The van der Waals surface area contributed by atoms with Gasteiger partial charge < -0.3 is 10.1 Å². The van der Waals surface area contributed by atoms with Gasteiger partial charge in [0, 0.05) is 23.5 Å². The fourth-order valence-corrected chi connectivity index (χ4v) is 1.68. The highest BCUT2D eigenvalue weighted by atomic mass is 16.4. The molecule has 5 nitrogen and oxygen atoms in total. The zero-order valence-corrected chi connectivity index (χ0v) is 8.38. The second kappa shape index (κ2) is 4.14. The van der Waals surface area contributed by atoms with E-state index in [-0.39, 0.29) is 6.42 Å². The molecular formula is C11H10N2O3. The molecule has 0 saturated heterocycles. The molecule has 16 heavy (non-hydrogen) atoms. The molecule has 0 spiro atoms. The molecule has 1 unspecified atom stereocenters. The zero-order valence-electron chi connectivity index (χ0n) is 8.38. The number of nitroso groups, excluding NO2 is 1. The molecule has 0 aliphatic rings. The summed E-state index contributed by atoms with van der Waals surface area (Å²) in [7, 11) is 0. The van der Waals surface area contributed by atoms with Crippen molar-refractivity contribution in [1.29, 1.82) is 0 Å². The van der Waals surface area contributed by atoms with E-state index in [1.54, 1.807) is 6.20 Å². The molecule has 0 radical (unpaired) electrons. The van der Waals surface area contributed by atoms with Gasteiger partial charge in [0.25, 0.3) is 0 Å². The first-order chi connectivity index (χ1) is 7.72. The SMILES string of the molecule is O=NC(Cc1c[nH]c2ccccc12)C(=O)O. The topological polar surface area (TPSA) is 82.5 Å². The molecule has 82 valence electrons. The maximum Gasteiger partial charge on any atom is 0.332 e. The Morgan fingerprint density at radius 1 is 1.44 bits per heavy atom. The highest BCUT2D eigenvalue weighted by molar-refractivity contribution is 5.84. The number of fused-ring (bicyclic) bond motifs is 1. The zero-order chi connectivity index (χ0) is 11.5. The van der Waals surface area contributed by atoms with E-state index >= 15 is 0 Å². The summed E-state index contributed by atoms with van der Waals surface area (Å²) in [6, 6.07) is 6.30. The number of carboxylic acids is 1. The van der Waals surface area contributed by atoms with Crippen molar-refractivity contribution < 1.29 is 9.90 Å². The van der Waals surface area contributed by atoms with E-state index in [2.05, 4.69) is 10.2 Å². The minimum atomic E-state index is -1.22. The van der Waals surface area contributed by atoms with Crippen LogP contribution in [0.4, 0.5) is 0 Å². The maximum atomic E-state index is 10.7. The summed E-state index contributed by atoms with van der Waals surface area (Å²) in [4.78, 5) is 24.1. The molecule has 1 heterocycles. The number of carbonyl (C=O) groups is 1. The molecule has 1 aromatic heterocycles. The summed E-state index contributed by atoms with van der Waals surface area (Å²) in [6.07, 6.45) is 1.83. The number of H-pyrrole nitrogens is 1. The minimum Gasteiger partial charge on any atom is -0.480 e. The molecule has 5 heteroatoms. The van der Waals surface area contributed by atoms with Crippen molar-refractivity contribution >= 4 is 16.9 Å². The summed E-state index contributed by atoms with van der Waals surface area (Å²) < 4.78 is 0. The molecule has 1 atom stereocenters. The van der Waals surface area contributed by atoms with Gasteiger partial charge in [-0.25, -0.2) is 4.79 Å². The third-order valence-corrected chi connectivity index (χ3v) is 2.50. The van der Waals surface area contributed by atoms with Crippen molar-refractivity contribution in [3.05, 3.63) is 40.9 Å². The Hall–Kier alpha value is -2.17. The first-order valence-electron chi connectivity index (χ1n) is 4.82. The van der Waals surface area contributed by atoms with Gasteiger partial charge >= 0.3 is 5.97 Å². The van der Waals surface area contributed by atoms with E-state index in [4.69, 9.17) is 5.11 Å². The lowest BCUT2D eigenvalue weighted by Gasteiger charge is -2.02. The summed E-state index contributed by atoms with van der Waals surface area (Å²) >= 11 is 0. The van der Waals surface area contributed by atoms with Crippen LogP contribution in [0.1, 0.15) is 5.56 Å². The van der Waals surface area contributed by atoms with Crippen molar-refractivity contribution in [2.75, 3.05) is 0 Å². The van der Waals surface area contributed by atoms with Crippen LogP contribution in [0.3, 0.4) is 0 Å². The van der Waals surface area contributed by atoms with Crippen LogP contribution in [0.2, 0.25) is 0 Å². The molecule has 2 N–H and O–H groups in total. The Labute approximate surface area is 91.1 Å². The molecular weight excluding hydrogens is 208 g/mol. The van der Waals surface area contributed by atoms with Crippen LogP contribution < -0.4 is 0 Å². The first kappa shape index (κ1) is 10.4. The molecule has 2 aromatic rings. The number of rotatable bonds is 4. The second-order valence-electron chi connectivity index (χ2n) is 3.52. The van der Waals surface area contributed by atoms with Crippen LogP contribution in [0.25, 0.3) is 10.9 Å². The van der Waals surface area contributed by atoms with Gasteiger partial charge in [0.2, 0.25) is 0 Å². The summed E-state index contributed by atoms with van der Waals surface area (Å²) in [5.41, 5.74) is 1.72. The lowest BCUT2D eigenvalue weighted by Crippen LogP contribution is -2.19. The number of aliphatic carboxylic acids is 1. The van der Waals surface area contributed by atoms with Gasteiger partial charge in [0.15, 0.2) is 6.04 Å². The van der Waals surface area contributed by atoms with E-state index < -0.39 is 12.0 Å². The highest BCUT2D eigenvalue weighted by Gasteiger charge is 2.19. The van der Waals surface area contributed by atoms with Crippen molar-refractivity contribution in [2.45, 2.75) is 12.5 Å². The molecule has 2 rings (SSSR count). The number of para-hydroxylation sites is 1. The molecule has 0 fully saturated rings. The number of hydrogen-bond acceptors (Lipinski definition) is 3. The van der Waals surface area contributed by atoms with Crippen molar-refractivity contribution in [3.8, 4) is 0 Å². The van der Waals surface area contributed by atoms with Gasteiger partial charge in [-0.3, -0.25) is 0 Å². The smallest absolute Gasteiger partial charge is 0.332 e. The number of carboxylic acid groups (broad SMARTS) is 1. The molecule has 0 amide bonds. The summed E-state index contributed by atoms with van der Waals surface area (Å²) in [5, 5.41) is 12.3. The van der Waals surface area contributed by atoms with Crippen LogP contribution >= 0.6 is 0 Å².